The summed E-state index contributed by atoms with van der Waals surface area (Å²) in [6.45, 7) is 0. The first-order chi connectivity index (χ1) is 7.16. The monoisotopic (exact) mass is 203 g/mol. The predicted molar refractivity (Wildman–Crippen MR) is 57.9 cm³/mol. The highest BCUT2D eigenvalue weighted by Gasteiger charge is 2.03. The molecule has 2 nitrogen and oxygen atoms in total. The molecule has 0 aromatic heterocycles. The molecular formula is C12H10FNO. The van der Waals surface area contributed by atoms with Crippen molar-refractivity contribution in [3.8, 4) is 16.9 Å². The van der Waals surface area contributed by atoms with Crippen LogP contribution in [0.1, 0.15) is 0 Å². The first-order valence-electron chi connectivity index (χ1n) is 4.51. The Morgan fingerprint density at radius 3 is 2.27 bits per heavy atom. The lowest BCUT2D eigenvalue weighted by Gasteiger charge is -2.05. The minimum absolute atomic E-state index is 0.194. The summed E-state index contributed by atoms with van der Waals surface area (Å²) in [7, 11) is 0. The van der Waals surface area contributed by atoms with E-state index < -0.39 is 0 Å². The van der Waals surface area contributed by atoms with Crippen molar-refractivity contribution >= 4 is 5.69 Å². The third-order valence-electron chi connectivity index (χ3n) is 2.19. The lowest BCUT2D eigenvalue weighted by atomic mass is 10.0. The molecule has 0 aliphatic heterocycles. The van der Waals surface area contributed by atoms with Crippen LogP contribution < -0.4 is 5.73 Å². The van der Waals surface area contributed by atoms with Gasteiger partial charge in [-0.15, -0.1) is 0 Å². The standard InChI is InChI=1S/C12H10FNO/c13-9-3-6-11(12(14)7-9)8-1-4-10(15)5-2-8/h1-7,15H,14H2. The molecule has 0 heterocycles. The van der Waals surface area contributed by atoms with Crippen LogP contribution >= 0.6 is 0 Å². The zero-order valence-electron chi connectivity index (χ0n) is 7.94. The Balaban J connectivity index is 2.49. The van der Waals surface area contributed by atoms with Crippen molar-refractivity contribution in [2.24, 2.45) is 0 Å². The van der Waals surface area contributed by atoms with Crippen LogP contribution in [0.5, 0.6) is 5.75 Å². The molecule has 76 valence electrons. The van der Waals surface area contributed by atoms with Crippen LogP contribution in [0, 0.1) is 5.82 Å². The molecule has 2 rings (SSSR count). The van der Waals surface area contributed by atoms with E-state index in [1.54, 1.807) is 30.3 Å². The molecule has 3 heteroatoms. The molecule has 0 radical (unpaired) electrons. The molecule has 2 aromatic carbocycles. The molecule has 0 saturated carbocycles. The fraction of sp³-hybridized carbons (Fsp3) is 0. The van der Waals surface area contributed by atoms with Gasteiger partial charge < -0.3 is 10.8 Å². The van der Waals surface area contributed by atoms with Gasteiger partial charge in [-0.05, 0) is 35.9 Å². The summed E-state index contributed by atoms with van der Waals surface area (Å²) in [5, 5.41) is 9.13. The Labute approximate surface area is 86.8 Å². The van der Waals surface area contributed by atoms with Gasteiger partial charge in [0.2, 0.25) is 0 Å². The lowest BCUT2D eigenvalue weighted by Crippen LogP contribution is -1.90. The number of aromatic hydroxyl groups is 1. The summed E-state index contributed by atoms with van der Waals surface area (Å²) >= 11 is 0. The zero-order chi connectivity index (χ0) is 10.8. The molecule has 0 bridgehead atoms. The first-order valence-corrected chi connectivity index (χ1v) is 4.51. The number of hydrogen-bond donors (Lipinski definition) is 2. The Morgan fingerprint density at radius 2 is 1.67 bits per heavy atom. The third kappa shape index (κ3) is 1.91. The van der Waals surface area contributed by atoms with Crippen molar-refractivity contribution in [2.45, 2.75) is 0 Å². The summed E-state index contributed by atoms with van der Waals surface area (Å²) in [6, 6.07) is 10.9. The largest absolute Gasteiger partial charge is 0.508 e. The maximum atomic E-state index is 12.8. The number of anilines is 1. The summed E-state index contributed by atoms with van der Waals surface area (Å²) < 4.78 is 12.8. The second-order valence-corrected chi connectivity index (χ2v) is 3.28. The Morgan fingerprint density at radius 1 is 1.00 bits per heavy atom. The number of benzene rings is 2. The molecule has 3 N–H and O–H groups in total. The van der Waals surface area contributed by atoms with E-state index in [0.717, 1.165) is 11.1 Å². The third-order valence-corrected chi connectivity index (χ3v) is 2.19. The van der Waals surface area contributed by atoms with Gasteiger partial charge in [0.25, 0.3) is 0 Å². The van der Waals surface area contributed by atoms with Crippen molar-refractivity contribution < 1.29 is 9.50 Å². The molecule has 0 spiro atoms. The van der Waals surface area contributed by atoms with Crippen LogP contribution in [0.2, 0.25) is 0 Å². The smallest absolute Gasteiger partial charge is 0.125 e. The van der Waals surface area contributed by atoms with E-state index in [2.05, 4.69) is 0 Å². The SMILES string of the molecule is Nc1cc(F)ccc1-c1ccc(O)cc1. The quantitative estimate of drug-likeness (QED) is 0.700. The molecule has 0 unspecified atom stereocenters. The predicted octanol–water partition coefficient (Wildman–Crippen LogP) is 2.78. The lowest BCUT2D eigenvalue weighted by molar-refractivity contribution is 0.475. The van der Waals surface area contributed by atoms with E-state index in [0.29, 0.717) is 5.69 Å². The van der Waals surface area contributed by atoms with Crippen molar-refractivity contribution in [2.75, 3.05) is 5.73 Å². The summed E-state index contributed by atoms with van der Waals surface area (Å²) in [5.74, 6) is -0.158. The van der Waals surface area contributed by atoms with Gasteiger partial charge in [0.05, 0.1) is 0 Å². The minimum atomic E-state index is -0.352. The maximum absolute atomic E-state index is 12.8. The van der Waals surface area contributed by atoms with E-state index in [1.807, 2.05) is 0 Å². The normalized spacial score (nSPS) is 10.2. The van der Waals surface area contributed by atoms with Gasteiger partial charge in [0, 0.05) is 11.3 Å². The van der Waals surface area contributed by atoms with Crippen molar-refractivity contribution in [1.29, 1.82) is 0 Å². The molecular weight excluding hydrogens is 193 g/mol. The van der Waals surface area contributed by atoms with E-state index in [1.165, 1.54) is 12.1 Å². The van der Waals surface area contributed by atoms with Gasteiger partial charge in [-0.1, -0.05) is 12.1 Å². The van der Waals surface area contributed by atoms with Crippen LogP contribution in [0.25, 0.3) is 11.1 Å². The number of nitrogen functional groups attached to an aromatic ring is 1. The van der Waals surface area contributed by atoms with Crippen molar-refractivity contribution in [1.82, 2.24) is 0 Å². The second kappa shape index (κ2) is 3.61. The van der Waals surface area contributed by atoms with Crippen LogP contribution in [0.3, 0.4) is 0 Å². The molecule has 0 aliphatic rings. The van der Waals surface area contributed by atoms with Crippen molar-refractivity contribution in [3.05, 3.63) is 48.3 Å². The Bertz CT molecular complexity index is 479. The van der Waals surface area contributed by atoms with Crippen LogP contribution in [0.15, 0.2) is 42.5 Å². The van der Waals surface area contributed by atoms with Gasteiger partial charge in [0.1, 0.15) is 11.6 Å². The second-order valence-electron chi connectivity index (χ2n) is 3.28. The maximum Gasteiger partial charge on any atom is 0.125 e. The van der Waals surface area contributed by atoms with E-state index in [9.17, 15) is 4.39 Å². The highest BCUT2D eigenvalue weighted by Crippen LogP contribution is 2.27. The van der Waals surface area contributed by atoms with Gasteiger partial charge in [0.15, 0.2) is 0 Å². The summed E-state index contributed by atoms with van der Waals surface area (Å²) in [6.07, 6.45) is 0. The highest BCUT2D eigenvalue weighted by atomic mass is 19.1. The van der Waals surface area contributed by atoms with Gasteiger partial charge >= 0.3 is 0 Å². The topological polar surface area (TPSA) is 46.2 Å². The molecule has 0 fully saturated rings. The number of nitrogens with two attached hydrogens (primary N) is 1. The Kier molecular flexibility index (Phi) is 2.29. The fourth-order valence-electron chi connectivity index (χ4n) is 1.44. The number of hydrogen-bond acceptors (Lipinski definition) is 2. The minimum Gasteiger partial charge on any atom is -0.508 e. The average molecular weight is 203 g/mol. The molecule has 0 atom stereocenters. The van der Waals surface area contributed by atoms with E-state index >= 15 is 0 Å². The molecule has 0 saturated heterocycles. The first kappa shape index (κ1) is 9.52. The number of phenolic OH excluding ortho intramolecular Hbond substituents is 1. The number of rotatable bonds is 1. The van der Waals surface area contributed by atoms with E-state index in [4.69, 9.17) is 10.8 Å². The summed E-state index contributed by atoms with van der Waals surface area (Å²) in [5.41, 5.74) is 7.69. The number of halogens is 1. The molecule has 2 aromatic rings. The fourth-order valence-corrected chi connectivity index (χ4v) is 1.44. The molecule has 0 aliphatic carbocycles. The average Bonchev–Trinajstić information content (AvgIpc) is 2.20. The van der Waals surface area contributed by atoms with Gasteiger partial charge in [-0.3, -0.25) is 0 Å². The van der Waals surface area contributed by atoms with Crippen LogP contribution in [-0.2, 0) is 0 Å². The molecule has 0 amide bonds. The highest BCUT2D eigenvalue weighted by molar-refractivity contribution is 5.76. The van der Waals surface area contributed by atoms with E-state index in [-0.39, 0.29) is 11.6 Å². The van der Waals surface area contributed by atoms with Crippen molar-refractivity contribution in [3.63, 3.8) is 0 Å². The molecule has 15 heavy (non-hydrogen) atoms. The van der Waals surface area contributed by atoms with Gasteiger partial charge in [-0.25, -0.2) is 4.39 Å². The van der Waals surface area contributed by atoms with Crippen LogP contribution in [-0.4, -0.2) is 5.11 Å². The van der Waals surface area contributed by atoms with Gasteiger partial charge in [-0.2, -0.15) is 0 Å². The number of phenols is 1. The summed E-state index contributed by atoms with van der Waals surface area (Å²) in [4.78, 5) is 0. The Hall–Kier alpha value is -2.03. The van der Waals surface area contributed by atoms with Crippen LogP contribution in [0.4, 0.5) is 10.1 Å². The zero-order valence-corrected chi connectivity index (χ0v) is 7.94.